The van der Waals surface area contributed by atoms with Crippen LogP contribution in [0.2, 0.25) is 0 Å². The largest absolute Gasteiger partial charge is 0.491 e. The molecule has 3 rings (SSSR count). The van der Waals surface area contributed by atoms with E-state index in [2.05, 4.69) is 5.32 Å². The molecule has 0 radical (unpaired) electrons. The molecule has 0 saturated carbocycles. The third-order valence-electron chi connectivity index (χ3n) is 4.77. The Hall–Kier alpha value is -3.19. The van der Waals surface area contributed by atoms with E-state index in [4.69, 9.17) is 9.47 Å². The number of carbonyl (C=O) groups excluding carboxylic acids is 2. The van der Waals surface area contributed by atoms with Gasteiger partial charge in [0.05, 0.1) is 17.8 Å². The Morgan fingerprint density at radius 1 is 0.906 bits per heavy atom. The third kappa shape index (κ3) is 5.73. The van der Waals surface area contributed by atoms with Crippen LogP contribution in [0.25, 0.3) is 5.57 Å². The quantitative estimate of drug-likeness (QED) is 0.431. The summed E-state index contributed by atoms with van der Waals surface area (Å²) in [6, 6.07) is 12.7. The average molecular weight is 441 g/mol. The van der Waals surface area contributed by atoms with Crippen molar-refractivity contribution in [2.45, 2.75) is 46.3 Å². The lowest BCUT2D eigenvalue weighted by Gasteiger charge is -2.16. The number of nitrogens with one attached hydrogen (secondary N) is 1. The molecule has 1 N–H and O–H groups in total. The zero-order valence-corrected chi connectivity index (χ0v) is 18.9. The fraction of sp³-hybridized carbons (Fsp3) is 0.360. The summed E-state index contributed by atoms with van der Waals surface area (Å²) in [4.78, 5) is 27.5. The second-order valence-electron chi connectivity index (χ2n) is 8.11. The second kappa shape index (κ2) is 10.4. The highest BCUT2D eigenvalue weighted by Gasteiger charge is 2.38. The zero-order chi connectivity index (χ0) is 23.3. The van der Waals surface area contributed by atoms with E-state index in [0.29, 0.717) is 30.0 Å². The summed E-state index contributed by atoms with van der Waals surface area (Å²) >= 11 is 0. The number of ether oxygens (including phenoxy) is 2. The topological polar surface area (TPSA) is 67.9 Å². The lowest BCUT2D eigenvalue weighted by molar-refractivity contribution is -0.137. The number of hydrogen-bond acceptors (Lipinski definition) is 5. The molecule has 1 aliphatic heterocycles. The highest BCUT2D eigenvalue weighted by atomic mass is 19.1. The van der Waals surface area contributed by atoms with Crippen LogP contribution in [0.4, 0.5) is 10.1 Å². The number of amides is 2. The minimum atomic E-state index is -0.415. The van der Waals surface area contributed by atoms with Gasteiger partial charge in [-0.1, -0.05) is 12.1 Å². The van der Waals surface area contributed by atoms with E-state index < -0.39 is 17.6 Å². The van der Waals surface area contributed by atoms with Crippen molar-refractivity contribution in [2.75, 3.05) is 18.5 Å². The van der Waals surface area contributed by atoms with E-state index in [1.807, 2.05) is 27.7 Å². The molecule has 6 nitrogen and oxygen atoms in total. The van der Waals surface area contributed by atoms with Gasteiger partial charge in [0.15, 0.2) is 0 Å². The molecule has 2 amide bonds. The highest BCUT2D eigenvalue weighted by Crippen LogP contribution is 2.31. The van der Waals surface area contributed by atoms with Crippen molar-refractivity contribution in [3.63, 3.8) is 0 Å². The van der Waals surface area contributed by atoms with Gasteiger partial charge in [-0.3, -0.25) is 14.5 Å². The number of nitrogens with zero attached hydrogens (tertiary/aromatic N) is 1. The lowest BCUT2D eigenvalue weighted by Crippen LogP contribution is -2.34. The summed E-state index contributed by atoms with van der Waals surface area (Å²) in [6.45, 7) is 8.42. The first-order valence-corrected chi connectivity index (χ1v) is 10.8. The molecule has 0 fully saturated rings. The second-order valence-corrected chi connectivity index (χ2v) is 8.11. The monoisotopic (exact) mass is 440 g/mol. The van der Waals surface area contributed by atoms with E-state index in [0.717, 1.165) is 0 Å². The Morgan fingerprint density at radius 2 is 1.56 bits per heavy atom. The lowest BCUT2D eigenvalue weighted by atomic mass is 10.0. The molecule has 2 aromatic rings. The molecule has 32 heavy (non-hydrogen) atoms. The van der Waals surface area contributed by atoms with Crippen molar-refractivity contribution >= 4 is 23.1 Å². The van der Waals surface area contributed by atoms with Gasteiger partial charge >= 0.3 is 0 Å². The fourth-order valence-corrected chi connectivity index (χ4v) is 3.35. The molecular weight excluding hydrogens is 411 g/mol. The Labute approximate surface area is 188 Å². The minimum absolute atomic E-state index is 0.0452. The van der Waals surface area contributed by atoms with Gasteiger partial charge in [0.2, 0.25) is 0 Å². The third-order valence-corrected chi connectivity index (χ3v) is 4.77. The standard InChI is InChI=1S/C25H29FN2O4/c1-16(2)31-15-5-14-28-24(29)22(18-6-8-19(26)9-7-18)23(25(28)30)27-20-10-12-21(13-11-20)32-17(3)4/h6-13,16-17,27H,5,14-15H2,1-4H3. The zero-order valence-electron chi connectivity index (χ0n) is 18.9. The van der Waals surface area contributed by atoms with Gasteiger partial charge < -0.3 is 14.8 Å². The molecular formula is C25H29FN2O4. The Kier molecular flexibility index (Phi) is 7.64. The van der Waals surface area contributed by atoms with Gasteiger partial charge in [-0.05, 0) is 76.1 Å². The van der Waals surface area contributed by atoms with Gasteiger partial charge in [0.1, 0.15) is 17.3 Å². The van der Waals surface area contributed by atoms with Crippen LogP contribution in [0.3, 0.4) is 0 Å². The predicted octanol–water partition coefficient (Wildman–Crippen LogP) is 4.62. The van der Waals surface area contributed by atoms with Gasteiger partial charge in [-0.15, -0.1) is 0 Å². The maximum absolute atomic E-state index is 13.4. The highest BCUT2D eigenvalue weighted by molar-refractivity contribution is 6.36. The van der Waals surface area contributed by atoms with Crippen molar-refractivity contribution < 1.29 is 23.5 Å². The van der Waals surface area contributed by atoms with Crippen LogP contribution >= 0.6 is 0 Å². The molecule has 1 heterocycles. The van der Waals surface area contributed by atoms with Crippen LogP contribution in [0.1, 0.15) is 39.7 Å². The number of imide groups is 1. The summed E-state index contributed by atoms with van der Waals surface area (Å²) in [5, 5.41) is 3.09. The first-order valence-electron chi connectivity index (χ1n) is 10.8. The van der Waals surface area contributed by atoms with Gasteiger partial charge in [-0.2, -0.15) is 0 Å². The minimum Gasteiger partial charge on any atom is -0.491 e. The molecule has 0 spiro atoms. The predicted molar refractivity (Wildman–Crippen MR) is 122 cm³/mol. The molecule has 7 heteroatoms. The molecule has 170 valence electrons. The summed E-state index contributed by atoms with van der Waals surface area (Å²) in [5.74, 6) is -0.530. The van der Waals surface area contributed by atoms with Crippen molar-refractivity contribution in [1.82, 2.24) is 4.90 Å². The molecule has 0 atom stereocenters. The van der Waals surface area contributed by atoms with Gasteiger partial charge in [-0.25, -0.2) is 4.39 Å². The maximum Gasteiger partial charge on any atom is 0.278 e. The number of halogens is 1. The molecule has 2 aromatic carbocycles. The molecule has 1 aliphatic rings. The van der Waals surface area contributed by atoms with Crippen molar-refractivity contribution in [3.8, 4) is 5.75 Å². The van der Waals surface area contributed by atoms with Crippen molar-refractivity contribution in [3.05, 3.63) is 65.6 Å². The van der Waals surface area contributed by atoms with Crippen LogP contribution in [0, 0.1) is 5.82 Å². The SMILES string of the molecule is CC(C)OCCCN1C(=O)C(Nc2ccc(OC(C)C)cc2)=C(c2ccc(F)cc2)C1=O. The van der Waals surface area contributed by atoms with Crippen LogP contribution in [0.5, 0.6) is 5.75 Å². The summed E-state index contributed by atoms with van der Waals surface area (Å²) in [6.07, 6.45) is 0.651. The van der Waals surface area contributed by atoms with E-state index in [9.17, 15) is 14.0 Å². The summed E-state index contributed by atoms with van der Waals surface area (Å²) < 4.78 is 24.6. The summed E-state index contributed by atoms with van der Waals surface area (Å²) in [5.41, 5.74) is 1.51. The van der Waals surface area contributed by atoms with Crippen LogP contribution in [-0.2, 0) is 14.3 Å². The number of rotatable bonds is 10. The van der Waals surface area contributed by atoms with Gasteiger partial charge in [0.25, 0.3) is 11.8 Å². The first-order chi connectivity index (χ1) is 15.3. The molecule has 0 unspecified atom stereocenters. The average Bonchev–Trinajstić information content (AvgIpc) is 2.96. The van der Waals surface area contributed by atoms with Crippen LogP contribution in [-0.4, -0.2) is 42.1 Å². The maximum atomic E-state index is 13.4. The Bertz CT molecular complexity index is 982. The van der Waals surface area contributed by atoms with E-state index in [1.165, 1.54) is 29.2 Å². The number of benzene rings is 2. The molecule has 0 aromatic heterocycles. The summed E-state index contributed by atoms with van der Waals surface area (Å²) in [7, 11) is 0. The fourth-order valence-electron chi connectivity index (χ4n) is 3.35. The van der Waals surface area contributed by atoms with Gasteiger partial charge in [0, 0.05) is 18.8 Å². The first kappa shape index (κ1) is 23.5. The van der Waals surface area contributed by atoms with E-state index in [-0.39, 0.29) is 30.0 Å². The Morgan fingerprint density at radius 3 is 2.16 bits per heavy atom. The smallest absolute Gasteiger partial charge is 0.278 e. The van der Waals surface area contributed by atoms with Crippen LogP contribution < -0.4 is 10.1 Å². The Balaban J connectivity index is 1.86. The van der Waals surface area contributed by atoms with Crippen molar-refractivity contribution in [1.29, 1.82) is 0 Å². The van der Waals surface area contributed by atoms with Crippen LogP contribution in [0.15, 0.2) is 54.2 Å². The van der Waals surface area contributed by atoms with Crippen molar-refractivity contribution in [2.24, 2.45) is 0 Å². The molecule has 0 aliphatic carbocycles. The molecule has 0 saturated heterocycles. The number of anilines is 1. The molecule has 0 bridgehead atoms. The normalized spacial score (nSPS) is 14.2. The van der Waals surface area contributed by atoms with E-state index in [1.54, 1.807) is 24.3 Å². The number of hydrogen-bond donors (Lipinski definition) is 1. The number of carbonyl (C=O) groups is 2. The van der Waals surface area contributed by atoms with E-state index >= 15 is 0 Å².